The molecule has 0 bridgehead atoms. The largest absolute Gasteiger partial charge is 0.324 e. The van der Waals surface area contributed by atoms with Crippen molar-refractivity contribution in [2.24, 2.45) is 5.92 Å². The third kappa shape index (κ3) is 4.00. The summed E-state index contributed by atoms with van der Waals surface area (Å²) >= 11 is 0. The second-order valence-corrected chi connectivity index (χ2v) is 5.56. The van der Waals surface area contributed by atoms with E-state index in [2.05, 4.69) is 16.0 Å². The van der Waals surface area contributed by atoms with Crippen LogP contribution in [0.25, 0.3) is 0 Å². The third-order valence-electron chi connectivity index (χ3n) is 3.62. The van der Waals surface area contributed by atoms with Gasteiger partial charge < -0.3 is 16.0 Å². The van der Waals surface area contributed by atoms with Gasteiger partial charge >= 0.3 is 0 Å². The van der Waals surface area contributed by atoms with Gasteiger partial charge in [0.05, 0.1) is 11.4 Å². The quantitative estimate of drug-likeness (QED) is 0.802. The van der Waals surface area contributed by atoms with Crippen LogP contribution in [0.3, 0.4) is 0 Å². The Morgan fingerprint density at radius 3 is 2.32 bits per heavy atom. The molecule has 0 aliphatic carbocycles. The second-order valence-electron chi connectivity index (χ2n) is 5.56. The van der Waals surface area contributed by atoms with Gasteiger partial charge in [-0.25, -0.2) is 8.78 Å². The number of rotatable bonds is 3. The maximum absolute atomic E-state index is 13.4. The Labute approximate surface area is 127 Å². The van der Waals surface area contributed by atoms with E-state index in [0.29, 0.717) is 12.8 Å². The van der Waals surface area contributed by atoms with Crippen molar-refractivity contribution in [1.82, 2.24) is 5.32 Å². The molecule has 7 heteroatoms. The first-order chi connectivity index (χ1) is 10.4. The van der Waals surface area contributed by atoms with Crippen molar-refractivity contribution in [2.75, 3.05) is 17.2 Å². The van der Waals surface area contributed by atoms with Crippen molar-refractivity contribution < 1.29 is 18.4 Å². The average molecular weight is 311 g/mol. The summed E-state index contributed by atoms with van der Waals surface area (Å²) in [6, 6.07) is 1.96. The van der Waals surface area contributed by atoms with Crippen LogP contribution in [0.1, 0.15) is 26.7 Å². The lowest BCUT2D eigenvalue weighted by molar-refractivity contribution is -0.121. The number of amides is 2. The molecule has 0 spiro atoms. The number of nitrogens with one attached hydrogen (secondary N) is 3. The zero-order chi connectivity index (χ0) is 16.3. The molecule has 1 aliphatic heterocycles. The third-order valence-corrected chi connectivity index (χ3v) is 3.62. The van der Waals surface area contributed by atoms with E-state index in [-0.39, 0.29) is 29.2 Å². The fourth-order valence-corrected chi connectivity index (χ4v) is 2.55. The van der Waals surface area contributed by atoms with Crippen LogP contribution in [0.15, 0.2) is 12.1 Å². The smallest absolute Gasteiger partial charge is 0.227 e. The van der Waals surface area contributed by atoms with Crippen molar-refractivity contribution >= 4 is 23.2 Å². The molecular weight excluding hydrogens is 292 g/mol. The van der Waals surface area contributed by atoms with Crippen LogP contribution < -0.4 is 16.0 Å². The lowest BCUT2D eigenvalue weighted by Gasteiger charge is -2.27. The summed E-state index contributed by atoms with van der Waals surface area (Å²) < 4.78 is 26.7. The summed E-state index contributed by atoms with van der Waals surface area (Å²) in [5.74, 6) is -3.06. The summed E-state index contributed by atoms with van der Waals surface area (Å²) in [7, 11) is 0. The van der Waals surface area contributed by atoms with Gasteiger partial charge in [0.25, 0.3) is 0 Å². The zero-order valence-electron chi connectivity index (χ0n) is 12.5. The van der Waals surface area contributed by atoms with Gasteiger partial charge in [-0.15, -0.1) is 0 Å². The predicted molar refractivity (Wildman–Crippen MR) is 79.5 cm³/mol. The van der Waals surface area contributed by atoms with Crippen molar-refractivity contribution in [2.45, 2.75) is 32.7 Å². The molecule has 1 aliphatic rings. The van der Waals surface area contributed by atoms with Crippen molar-refractivity contribution in [3.8, 4) is 0 Å². The molecule has 1 aromatic carbocycles. The zero-order valence-corrected chi connectivity index (χ0v) is 12.5. The molecule has 0 saturated carbocycles. The van der Waals surface area contributed by atoms with Crippen LogP contribution in [0.5, 0.6) is 0 Å². The normalized spacial score (nSPS) is 21.3. The van der Waals surface area contributed by atoms with Gasteiger partial charge in [0.2, 0.25) is 11.8 Å². The molecule has 22 heavy (non-hydrogen) atoms. The highest BCUT2D eigenvalue weighted by atomic mass is 19.2. The number of benzene rings is 1. The number of hydrogen-bond donors (Lipinski definition) is 3. The summed E-state index contributed by atoms with van der Waals surface area (Å²) in [6.45, 7) is 3.97. The average Bonchev–Trinajstić information content (AvgIpc) is 2.43. The molecule has 1 saturated heterocycles. The van der Waals surface area contributed by atoms with Gasteiger partial charge in [0, 0.05) is 31.0 Å². The SMILES string of the molecule is CC(=O)Nc1cc(F)c(F)cc1NC(=O)[C@H]1CCN[C@@H](C)C1. The Bertz CT molecular complexity index is 592. The van der Waals surface area contributed by atoms with Gasteiger partial charge in [0.15, 0.2) is 11.6 Å². The van der Waals surface area contributed by atoms with E-state index in [1.165, 1.54) is 6.92 Å². The van der Waals surface area contributed by atoms with Crippen LogP contribution in [0, 0.1) is 17.6 Å². The number of carbonyl (C=O) groups is 2. The van der Waals surface area contributed by atoms with Crippen molar-refractivity contribution in [3.05, 3.63) is 23.8 Å². The van der Waals surface area contributed by atoms with Crippen LogP contribution in [0.2, 0.25) is 0 Å². The summed E-state index contributed by atoms with van der Waals surface area (Å²) in [6.07, 6.45) is 1.35. The summed E-state index contributed by atoms with van der Waals surface area (Å²) in [5, 5.41) is 8.21. The molecule has 2 amide bonds. The maximum atomic E-state index is 13.4. The number of piperidine rings is 1. The first-order valence-electron chi connectivity index (χ1n) is 7.17. The number of anilines is 2. The van der Waals surface area contributed by atoms with Gasteiger partial charge in [0.1, 0.15) is 0 Å². The molecule has 1 heterocycles. The number of carbonyl (C=O) groups excluding carboxylic acids is 2. The van der Waals surface area contributed by atoms with E-state index in [1.807, 2.05) is 6.92 Å². The maximum Gasteiger partial charge on any atom is 0.227 e. The van der Waals surface area contributed by atoms with Crippen LogP contribution in [-0.2, 0) is 9.59 Å². The van der Waals surface area contributed by atoms with Gasteiger partial charge in [-0.3, -0.25) is 9.59 Å². The van der Waals surface area contributed by atoms with Crippen LogP contribution in [-0.4, -0.2) is 24.4 Å². The molecule has 5 nitrogen and oxygen atoms in total. The van der Waals surface area contributed by atoms with Crippen molar-refractivity contribution in [3.63, 3.8) is 0 Å². The Morgan fingerprint density at radius 2 is 1.77 bits per heavy atom. The molecule has 2 rings (SSSR count). The highest BCUT2D eigenvalue weighted by molar-refractivity contribution is 5.99. The summed E-state index contributed by atoms with van der Waals surface area (Å²) in [4.78, 5) is 23.4. The van der Waals surface area contributed by atoms with E-state index in [9.17, 15) is 18.4 Å². The fourth-order valence-electron chi connectivity index (χ4n) is 2.55. The highest BCUT2D eigenvalue weighted by Crippen LogP contribution is 2.27. The molecule has 1 aromatic rings. The van der Waals surface area contributed by atoms with E-state index in [0.717, 1.165) is 18.7 Å². The molecular formula is C15H19F2N3O2. The lowest BCUT2D eigenvalue weighted by atomic mass is 9.92. The molecule has 0 unspecified atom stereocenters. The fraction of sp³-hybridized carbons (Fsp3) is 0.467. The molecule has 3 N–H and O–H groups in total. The number of halogens is 2. The van der Waals surface area contributed by atoms with E-state index in [1.54, 1.807) is 0 Å². The van der Waals surface area contributed by atoms with E-state index >= 15 is 0 Å². The molecule has 1 fully saturated rings. The minimum Gasteiger partial charge on any atom is -0.324 e. The van der Waals surface area contributed by atoms with Crippen LogP contribution in [0.4, 0.5) is 20.2 Å². The first-order valence-corrected chi connectivity index (χ1v) is 7.17. The second kappa shape index (κ2) is 6.83. The molecule has 2 atom stereocenters. The van der Waals surface area contributed by atoms with Gasteiger partial charge in [-0.05, 0) is 26.3 Å². The first kappa shape index (κ1) is 16.4. The number of hydrogen-bond acceptors (Lipinski definition) is 3. The Morgan fingerprint density at radius 1 is 1.18 bits per heavy atom. The minimum absolute atomic E-state index is 0.0433. The van der Waals surface area contributed by atoms with Crippen LogP contribution >= 0.6 is 0 Å². The highest BCUT2D eigenvalue weighted by Gasteiger charge is 2.25. The van der Waals surface area contributed by atoms with Gasteiger partial charge in [-0.1, -0.05) is 0 Å². The Balaban J connectivity index is 2.18. The van der Waals surface area contributed by atoms with E-state index < -0.39 is 17.5 Å². The molecule has 0 radical (unpaired) electrons. The monoisotopic (exact) mass is 311 g/mol. The summed E-state index contributed by atoms with van der Waals surface area (Å²) in [5.41, 5.74) is 0.104. The Hall–Kier alpha value is -2.02. The minimum atomic E-state index is -1.09. The molecule has 0 aromatic heterocycles. The Kier molecular flexibility index (Phi) is 5.07. The van der Waals surface area contributed by atoms with Gasteiger partial charge in [-0.2, -0.15) is 0 Å². The van der Waals surface area contributed by atoms with Crippen molar-refractivity contribution in [1.29, 1.82) is 0 Å². The molecule has 120 valence electrons. The standard InChI is InChI=1S/C15H19F2N3O2/c1-8-5-10(3-4-18-8)15(22)20-14-7-12(17)11(16)6-13(14)19-9(2)21/h6-8,10,18H,3-5H2,1-2H3,(H,19,21)(H,20,22)/t8-,10-/m0/s1. The van der Waals surface area contributed by atoms with E-state index in [4.69, 9.17) is 0 Å². The predicted octanol–water partition coefficient (Wildman–Crippen LogP) is 2.25. The topological polar surface area (TPSA) is 70.2 Å². The lowest BCUT2D eigenvalue weighted by Crippen LogP contribution is -2.40.